The molecule has 0 saturated carbocycles. The van der Waals surface area contributed by atoms with Gasteiger partial charge in [0, 0.05) is 44.0 Å². The lowest BCUT2D eigenvalue weighted by Crippen LogP contribution is -2.58. The molecule has 7 nitrogen and oxygen atoms in total. The Morgan fingerprint density at radius 2 is 2.04 bits per heavy atom. The van der Waals surface area contributed by atoms with E-state index in [-0.39, 0.29) is 11.5 Å². The standard InChI is InChI=1S/C18H23N5O2S/c1-14-21-15(12-26-14)11-16(24)23-9-10-25-18(13-23)3-7-22(8-4-18)17-19-5-2-6-20-17/h2,5-6,12H,3-4,7-11,13H2,1H3. The highest BCUT2D eigenvalue weighted by Gasteiger charge is 2.41. The number of anilines is 1. The Morgan fingerprint density at radius 3 is 2.73 bits per heavy atom. The first-order valence-corrected chi connectivity index (χ1v) is 9.86. The van der Waals surface area contributed by atoms with Gasteiger partial charge in [-0.25, -0.2) is 15.0 Å². The minimum Gasteiger partial charge on any atom is -0.371 e. The first kappa shape index (κ1) is 17.4. The van der Waals surface area contributed by atoms with Gasteiger partial charge in [-0.15, -0.1) is 11.3 Å². The summed E-state index contributed by atoms with van der Waals surface area (Å²) in [5.74, 6) is 0.914. The summed E-state index contributed by atoms with van der Waals surface area (Å²) in [7, 11) is 0. The molecule has 4 heterocycles. The summed E-state index contributed by atoms with van der Waals surface area (Å²) in [6, 6.07) is 1.83. The van der Waals surface area contributed by atoms with Gasteiger partial charge in [0.1, 0.15) is 0 Å². The van der Waals surface area contributed by atoms with Gasteiger partial charge in [-0.05, 0) is 25.8 Å². The number of thiazole rings is 1. The third-order valence-corrected chi connectivity index (χ3v) is 5.93. The fraction of sp³-hybridized carbons (Fsp3) is 0.556. The molecule has 26 heavy (non-hydrogen) atoms. The Balaban J connectivity index is 1.37. The molecule has 2 aromatic rings. The van der Waals surface area contributed by atoms with E-state index >= 15 is 0 Å². The zero-order valence-electron chi connectivity index (χ0n) is 14.9. The van der Waals surface area contributed by atoms with Crippen molar-refractivity contribution in [1.29, 1.82) is 0 Å². The molecule has 0 aromatic carbocycles. The van der Waals surface area contributed by atoms with Gasteiger partial charge in [-0.2, -0.15) is 0 Å². The summed E-state index contributed by atoms with van der Waals surface area (Å²) in [6.07, 6.45) is 5.68. The van der Waals surface area contributed by atoms with Crippen molar-refractivity contribution in [3.63, 3.8) is 0 Å². The number of rotatable bonds is 3. The van der Waals surface area contributed by atoms with Crippen LogP contribution in [0.5, 0.6) is 0 Å². The Bertz CT molecular complexity index is 758. The molecule has 8 heteroatoms. The number of carbonyl (C=O) groups excluding carboxylic acids is 1. The molecule has 1 spiro atoms. The minimum atomic E-state index is -0.239. The maximum atomic E-state index is 12.7. The molecule has 1 amide bonds. The Hall–Kier alpha value is -2.06. The Labute approximate surface area is 157 Å². The number of aromatic nitrogens is 3. The van der Waals surface area contributed by atoms with Gasteiger partial charge in [-0.1, -0.05) is 0 Å². The fourth-order valence-corrected chi connectivity index (χ4v) is 4.30. The Morgan fingerprint density at radius 1 is 1.27 bits per heavy atom. The maximum Gasteiger partial charge on any atom is 0.228 e. The molecule has 0 atom stereocenters. The van der Waals surface area contributed by atoms with Crippen molar-refractivity contribution < 1.29 is 9.53 Å². The molecule has 0 aliphatic carbocycles. The molecule has 0 N–H and O–H groups in total. The monoisotopic (exact) mass is 373 g/mol. The average Bonchev–Trinajstić information content (AvgIpc) is 3.08. The van der Waals surface area contributed by atoms with E-state index in [1.54, 1.807) is 23.7 Å². The van der Waals surface area contributed by atoms with Crippen molar-refractivity contribution in [3.05, 3.63) is 34.5 Å². The Kier molecular flexibility index (Phi) is 4.86. The number of hydrogen-bond acceptors (Lipinski definition) is 7. The van der Waals surface area contributed by atoms with Crippen LogP contribution in [0, 0.1) is 6.92 Å². The highest BCUT2D eigenvalue weighted by atomic mass is 32.1. The van der Waals surface area contributed by atoms with Crippen LogP contribution in [0.4, 0.5) is 5.95 Å². The number of piperidine rings is 1. The second-order valence-electron chi connectivity index (χ2n) is 6.92. The van der Waals surface area contributed by atoms with Crippen LogP contribution in [0.2, 0.25) is 0 Å². The smallest absolute Gasteiger partial charge is 0.228 e. The van der Waals surface area contributed by atoms with Gasteiger partial charge in [0.2, 0.25) is 11.9 Å². The number of amides is 1. The average molecular weight is 373 g/mol. The number of hydrogen-bond donors (Lipinski definition) is 0. The third kappa shape index (κ3) is 3.71. The van der Waals surface area contributed by atoms with Crippen LogP contribution >= 0.6 is 11.3 Å². The quantitative estimate of drug-likeness (QED) is 0.815. The molecule has 0 radical (unpaired) electrons. The summed E-state index contributed by atoms with van der Waals surface area (Å²) >= 11 is 1.59. The second-order valence-corrected chi connectivity index (χ2v) is 7.98. The predicted molar refractivity (Wildman–Crippen MR) is 99.3 cm³/mol. The fourth-order valence-electron chi connectivity index (χ4n) is 3.69. The number of ether oxygens (including phenoxy) is 1. The molecule has 2 aromatic heterocycles. The van der Waals surface area contributed by atoms with Gasteiger partial charge in [0.05, 0.1) is 29.3 Å². The first-order chi connectivity index (χ1) is 12.6. The van der Waals surface area contributed by atoms with Crippen LogP contribution < -0.4 is 4.90 Å². The van der Waals surface area contributed by atoms with E-state index in [0.717, 1.165) is 42.6 Å². The van der Waals surface area contributed by atoms with Crippen LogP contribution in [0.25, 0.3) is 0 Å². The number of carbonyl (C=O) groups is 1. The van der Waals surface area contributed by atoms with E-state index in [9.17, 15) is 4.79 Å². The van der Waals surface area contributed by atoms with Crippen molar-refractivity contribution in [1.82, 2.24) is 19.9 Å². The SMILES string of the molecule is Cc1nc(CC(=O)N2CCOC3(CCN(c4ncccn4)CC3)C2)cs1. The van der Waals surface area contributed by atoms with Crippen molar-refractivity contribution in [2.45, 2.75) is 31.8 Å². The van der Waals surface area contributed by atoms with E-state index in [0.29, 0.717) is 26.1 Å². The molecule has 0 unspecified atom stereocenters. The van der Waals surface area contributed by atoms with Crippen LogP contribution in [0.3, 0.4) is 0 Å². The molecule has 2 fully saturated rings. The van der Waals surface area contributed by atoms with E-state index in [1.165, 1.54) is 0 Å². The van der Waals surface area contributed by atoms with Gasteiger partial charge >= 0.3 is 0 Å². The summed E-state index contributed by atoms with van der Waals surface area (Å²) in [4.78, 5) is 29.9. The van der Waals surface area contributed by atoms with Crippen molar-refractivity contribution in [2.75, 3.05) is 37.7 Å². The summed E-state index contributed by atoms with van der Waals surface area (Å²) in [6.45, 7) is 5.58. The van der Waals surface area contributed by atoms with Gasteiger partial charge < -0.3 is 14.5 Å². The van der Waals surface area contributed by atoms with Crippen molar-refractivity contribution in [2.24, 2.45) is 0 Å². The predicted octanol–water partition coefficient (Wildman–Crippen LogP) is 1.68. The van der Waals surface area contributed by atoms with Gasteiger partial charge in [0.15, 0.2) is 0 Å². The molecule has 2 saturated heterocycles. The molecule has 0 bridgehead atoms. The zero-order chi connectivity index (χ0) is 18.0. The first-order valence-electron chi connectivity index (χ1n) is 8.98. The highest BCUT2D eigenvalue weighted by Crippen LogP contribution is 2.31. The van der Waals surface area contributed by atoms with E-state index in [1.807, 2.05) is 23.3 Å². The summed E-state index contributed by atoms with van der Waals surface area (Å²) in [5, 5.41) is 2.98. The summed E-state index contributed by atoms with van der Waals surface area (Å²) in [5.41, 5.74) is 0.631. The van der Waals surface area contributed by atoms with Gasteiger partial charge in [0.25, 0.3) is 0 Å². The van der Waals surface area contributed by atoms with Crippen LogP contribution in [0.15, 0.2) is 23.8 Å². The molecule has 2 aliphatic heterocycles. The summed E-state index contributed by atoms with van der Waals surface area (Å²) < 4.78 is 6.15. The number of nitrogens with zero attached hydrogens (tertiary/aromatic N) is 5. The number of aryl methyl sites for hydroxylation is 1. The molecule has 2 aliphatic rings. The highest BCUT2D eigenvalue weighted by molar-refractivity contribution is 7.09. The lowest BCUT2D eigenvalue weighted by Gasteiger charge is -2.47. The topological polar surface area (TPSA) is 71.5 Å². The van der Waals surface area contributed by atoms with Crippen LogP contribution in [-0.2, 0) is 16.0 Å². The normalized spacial score (nSPS) is 19.7. The molecular formula is C18H23N5O2S. The van der Waals surface area contributed by atoms with Gasteiger partial charge in [-0.3, -0.25) is 4.79 Å². The maximum absolute atomic E-state index is 12.7. The molecule has 138 valence electrons. The zero-order valence-corrected chi connectivity index (χ0v) is 15.7. The lowest BCUT2D eigenvalue weighted by atomic mass is 9.89. The third-order valence-electron chi connectivity index (χ3n) is 5.11. The van der Waals surface area contributed by atoms with E-state index in [2.05, 4.69) is 19.9 Å². The van der Waals surface area contributed by atoms with E-state index < -0.39 is 0 Å². The molecule has 4 rings (SSSR count). The largest absolute Gasteiger partial charge is 0.371 e. The van der Waals surface area contributed by atoms with Crippen molar-refractivity contribution in [3.8, 4) is 0 Å². The number of morpholine rings is 1. The van der Waals surface area contributed by atoms with E-state index in [4.69, 9.17) is 4.74 Å². The van der Waals surface area contributed by atoms with Crippen LogP contribution in [-0.4, -0.2) is 64.1 Å². The van der Waals surface area contributed by atoms with Crippen molar-refractivity contribution >= 4 is 23.2 Å². The second kappa shape index (κ2) is 7.28. The molecular weight excluding hydrogens is 350 g/mol. The lowest BCUT2D eigenvalue weighted by molar-refractivity contribution is -0.153. The van der Waals surface area contributed by atoms with Crippen LogP contribution in [0.1, 0.15) is 23.5 Å². The minimum absolute atomic E-state index is 0.145.